The van der Waals surface area contributed by atoms with Gasteiger partial charge < -0.3 is 9.84 Å². The van der Waals surface area contributed by atoms with E-state index >= 15 is 0 Å². The van der Waals surface area contributed by atoms with Crippen molar-refractivity contribution >= 4 is 15.9 Å². The van der Waals surface area contributed by atoms with E-state index in [0.717, 1.165) is 6.20 Å². The van der Waals surface area contributed by atoms with Crippen LogP contribution in [0.15, 0.2) is 16.9 Å². The maximum atomic E-state index is 13.2. The lowest BCUT2D eigenvalue weighted by Crippen LogP contribution is -2.41. The van der Waals surface area contributed by atoms with Gasteiger partial charge in [0.2, 0.25) is 0 Å². The lowest BCUT2D eigenvalue weighted by molar-refractivity contribution is -0.294. The second kappa shape index (κ2) is 3.01. The summed E-state index contributed by atoms with van der Waals surface area (Å²) < 4.78 is 18.6. The number of hydrogen-bond donors (Lipinski definition) is 1. The molecule has 70 valence electrons. The van der Waals surface area contributed by atoms with E-state index in [1.807, 2.05) is 0 Å². The molecule has 5 heteroatoms. The van der Waals surface area contributed by atoms with E-state index in [1.165, 1.54) is 6.20 Å². The van der Waals surface area contributed by atoms with Crippen molar-refractivity contribution < 1.29 is 14.2 Å². The third kappa shape index (κ3) is 1.37. The Morgan fingerprint density at radius 2 is 2.31 bits per heavy atom. The summed E-state index contributed by atoms with van der Waals surface area (Å²) in [5.74, 6) is -2.03. The molecule has 1 aromatic heterocycles. The van der Waals surface area contributed by atoms with Gasteiger partial charge in [-0.2, -0.15) is 0 Å². The van der Waals surface area contributed by atoms with Crippen molar-refractivity contribution in [1.82, 2.24) is 4.98 Å². The molecular weight excluding hydrogens is 241 g/mol. The first kappa shape index (κ1) is 9.05. The van der Waals surface area contributed by atoms with Gasteiger partial charge in [-0.15, -0.1) is 0 Å². The van der Waals surface area contributed by atoms with Crippen LogP contribution in [-0.4, -0.2) is 16.7 Å². The van der Waals surface area contributed by atoms with Gasteiger partial charge in [-0.25, -0.2) is 4.39 Å². The zero-order chi connectivity index (χ0) is 9.47. The van der Waals surface area contributed by atoms with Crippen LogP contribution in [0.25, 0.3) is 0 Å². The molecule has 0 aliphatic carbocycles. The first-order valence-corrected chi connectivity index (χ1v) is 4.58. The fraction of sp³-hybridized carbons (Fsp3) is 0.375. The van der Waals surface area contributed by atoms with Gasteiger partial charge in [-0.05, 0) is 15.9 Å². The van der Waals surface area contributed by atoms with Crippen molar-refractivity contribution in [1.29, 1.82) is 0 Å². The number of rotatable bonds is 1. The fourth-order valence-electron chi connectivity index (χ4n) is 1.28. The van der Waals surface area contributed by atoms with Gasteiger partial charge in [-0.1, -0.05) is 0 Å². The smallest absolute Gasteiger partial charge is 0.198 e. The Morgan fingerprint density at radius 1 is 1.62 bits per heavy atom. The summed E-state index contributed by atoms with van der Waals surface area (Å²) in [5.41, 5.74) is 0.133. The molecule has 1 N–H and O–H groups in total. The average molecular weight is 248 g/mol. The molecule has 1 atom stereocenters. The number of nitrogens with zero attached hydrogens (tertiary/aromatic N) is 1. The van der Waals surface area contributed by atoms with E-state index in [-0.39, 0.29) is 5.56 Å². The molecule has 1 aromatic rings. The third-order valence-electron chi connectivity index (χ3n) is 2.03. The summed E-state index contributed by atoms with van der Waals surface area (Å²) in [6, 6.07) is 0. The Labute approximate surface area is 82.7 Å². The van der Waals surface area contributed by atoms with Crippen molar-refractivity contribution in [3.05, 3.63) is 28.2 Å². The molecule has 0 radical (unpaired) electrons. The number of ether oxygens (including phenoxy) is 1. The van der Waals surface area contributed by atoms with Gasteiger partial charge in [-0.3, -0.25) is 4.98 Å². The molecule has 0 bridgehead atoms. The van der Waals surface area contributed by atoms with Crippen molar-refractivity contribution in [3.8, 4) is 0 Å². The normalized spacial score (nSPS) is 27.0. The van der Waals surface area contributed by atoms with Crippen LogP contribution < -0.4 is 0 Å². The fourth-order valence-corrected chi connectivity index (χ4v) is 1.89. The minimum atomic E-state index is -1.47. The van der Waals surface area contributed by atoms with Gasteiger partial charge >= 0.3 is 0 Å². The summed E-state index contributed by atoms with van der Waals surface area (Å²) in [4.78, 5) is 3.63. The summed E-state index contributed by atoms with van der Waals surface area (Å²) in [6.45, 7) is 0.449. The topological polar surface area (TPSA) is 42.4 Å². The standard InChI is InChI=1S/C8H7BrFNO2/c9-5-3-11-4-6(10)7(5)8(12)1-2-13-8/h3-4,12H,1-2H2. The molecule has 0 amide bonds. The number of hydrogen-bond acceptors (Lipinski definition) is 3. The maximum Gasteiger partial charge on any atom is 0.198 e. The second-order valence-electron chi connectivity index (χ2n) is 2.86. The summed E-state index contributed by atoms with van der Waals surface area (Å²) in [6.07, 6.45) is 2.89. The minimum Gasteiger partial charge on any atom is -0.362 e. The van der Waals surface area contributed by atoms with Gasteiger partial charge in [0.05, 0.1) is 18.4 Å². The highest BCUT2D eigenvalue weighted by Gasteiger charge is 2.41. The molecule has 2 heterocycles. The zero-order valence-electron chi connectivity index (χ0n) is 6.63. The average Bonchev–Trinajstić information content (AvgIpc) is 2.01. The molecule has 0 aromatic carbocycles. The van der Waals surface area contributed by atoms with Crippen molar-refractivity contribution in [2.75, 3.05) is 6.61 Å². The van der Waals surface area contributed by atoms with Gasteiger partial charge in [0.1, 0.15) is 0 Å². The Kier molecular flexibility index (Phi) is 2.09. The number of pyridine rings is 1. The van der Waals surface area contributed by atoms with E-state index in [2.05, 4.69) is 20.9 Å². The Bertz CT molecular complexity index is 321. The van der Waals surface area contributed by atoms with Crippen LogP contribution in [0.5, 0.6) is 0 Å². The van der Waals surface area contributed by atoms with Crippen LogP contribution in [0.4, 0.5) is 4.39 Å². The molecule has 0 spiro atoms. The first-order chi connectivity index (χ1) is 6.13. The lowest BCUT2D eigenvalue weighted by Gasteiger charge is -2.37. The van der Waals surface area contributed by atoms with E-state index in [0.29, 0.717) is 17.5 Å². The molecular formula is C8H7BrFNO2. The Morgan fingerprint density at radius 3 is 2.77 bits per heavy atom. The van der Waals surface area contributed by atoms with Crippen molar-refractivity contribution in [3.63, 3.8) is 0 Å². The number of aliphatic hydroxyl groups is 1. The molecule has 1 aliphatic rings. The zero-order valence-corrected chi connectivity index (χ0v) is 8.21. The highest BCUT2D eigenvalue weighted by Crippen LogP contribution is 2.39. The molecule has 3 nitrogen and oxygen atoms in total. The maximum absolute atomic E-state index is 13.2. The molecule has 1 aliphatic heterocycles. The first-order valence-electron chi connectivity index (χ1n) is 3.79. The summed E-state index contributed by atoms with van der Waals surface area (Å²) in [5, 5.41) is 9.72. The van der Waals surface area contributed by atoms with Crippen LogP contribution in [-0.2, 0) is 10.5 Å². The van der Waals surface area contributed by atoms with Crippen LogP contribution in [0.1, 0.15) is 12.0 Å². The van der Waals surface area contributed by atoms with Crippen molar-refractivity contribution in [2.24, 2.45) is 0 Å². The Hall–Kier alpha value is -0.520. The largest absolute Gasteiger partial charge is 0.362 e. The lowest BCUT2D eigenvalue weighted by atomic mass is 10.00. The van der Waals surface area contributed by atoms with E-state index in [1.54, 1.807) is 0 Å². The second-order valence-corrected chi connectivity index (χ2v) is 3.72. The van der Waals surface area contributed by atoms with E-state index < -0.39 is 11.6 Å². The van der Waals surface area contributed by atoms with E-state index in [4.69, 9.17) is 4.74 Å². The summed E-state index contributed by atoms with van der Waals surface area (Å²) >= 11 is 3.12. The quantitative estimate of drug-likeness (QED) is 0.819. The van der Waals surface area contributed by atoms with Gasteiger partial charge in [0.25, 0.3) is 0 Å². The predicted octanol–water partition coefficient (Wildman–Crippen LogP) is 1.55. The van der Waals surface area contributed by atoms with Crippen molar-refractivity contribution in [2.45, 2.75) is 12.2 Å². The number of aromatic nitrogens is 1. The SMILES string of the molecule is OC1(c2c(F)cncc2Br)CCO1. The highest BCUT2D eigenvalue weighted by molar-refractivity contribution is 9.10. The van der Waals surface area contributed by atoms with Crippen LogP contribution >= 0.6 is 15.9 Å². The molecule has 2 rings (SSSR count). The molecule has 0 saturated carbocycles. The monoisotopic (exact) mass is 247 g/mol. The third-order valence-corrected chi connectivity index (χ3v) is 2.63. The molecule has 1 unspecified atom stereocenters. The predicted molar refractivity (Wildman–Crippen MR) is 46.4 cm³/mol. The molecule has 1 saturated heterocycles. The van der Waals surface area contributed by atoms with Crippen LogP contribution in [0.2, 0.25) is 0 Å². The van der Waals surface area contributed by atoms with Crippen LogP contribution in [0, 0.1) is 5.82 Å². The van der Waals surface area contributed by atoms with E-state index in [9.17, 15) is 9.50 Å². The van der Waals surface area contributed by atoms with Gasteiger partial charge in [0, 0.05) is 17.1 Å². The minimum absolute atomic E-state index is 0.133. The summed E-state index contributed by atoms with van der Waals surface area (Å²) in [7, 11) is 0. The molecule has 1 fully saturated rings. The van der Waals surface area contributed by atoms with Gasteiger partial charge in [0.15, 0.2) is 11.6 Å². The highest BCUT2D eigenvalue weighted by atomic mass is 79.9. The Balaban J connectivity index is 2.49. The van der Waals surface area contributed by atoms with Crippen LogP contribution in [0.3, 0.4) is 0 Å². The molecule has 13 heavy (non-hydrogen) atoms. The number of halogens is 2.